The summed E-state index contributed by atoms with van der Waals surface area (Å²) in [5.41, 5.74) is -0.382. The average Bonchev–Trinajstić information content (AvgIpc) is 2.98. The number of pyridine rings is 1. The van der Waals surface area contributed by atoms with Crippen LogP contribution in [0, 0.1) is 0 Å². The Morgan fingerprint density at radius 2 is 1.97 bits per heavy atom. The van der Waals surface area contributed by atoms with Crippen LogP contribution in [-0.2, 0) is 25.7 Å². The van der Waals surface area contributed by atoms with Crippen molar-refractivity contribution in [3.8, 4) is 0 Å². The number of aryl methyl sites for hydroxylation is 1. The van der Waals surface area contributed by atoms with Crippen LogP contribution in [0.25, 0.3) is 0 Å². The molecule has 0 fully saturated rings. The Hall–Kier alpha value is -3.43. The standard InChI is InChI=1S/C21H21F3N6O/c22-21(23,24)14-6-4-7-15(12-14)27-19-16(8-5-10-25-19)20(31)26-13-18-29-28-17-9-2-1-3-11-30(17)18/h4-8,10,12H,1-3,9,11,13H2,(H,25,27)(H,26,31). The molecule has 1 aliphatic rings. The number of alkyl halides is 3. The molecule has 1 amide bonds. The number of hydrogen-bond donors (Lipinski definition) is 2. The van der Waals surface area contributed by atoms with Gasteiger partial charge in [0.25, 0.3) is 5.91 Å². The third kappa shape index (κ3) is 4.84. The zero-order valence-electron chi connectivity index (χ0n) is 16.6. The quantitative estimate of drug-likeness (QED) is 0.637. The summed E-state index contributed by atoms with van der Waals surface area (Å²) < 4.78 is 41.0. The fourth-order valence-electron chi connectivity index (χ4n) is 3.53. The van der Waals surface area contributed by atoms with Crippen LogP contribution < -0.4 is 10.6 Å². The molecule has 0 radical (unpaired) electrons. The largest absolute Gasteiger partial charge is 0.416 e. The highest BCUT2D eigenvalue weighted by atomic mass is 19.4. The van der Waals surface area contributed by atoms with Crippen molar-refractivity contribution in [1.82, 2.24) is 25.1 Å². The lowest BCUT2D eigenvalue weighted by molar-refractivity contribution is -0.137. The van der Waals surface area contributed by atoms with Gasteiger partial charge in [-0.25, -0.2) is 4.98 Å². The predicted octanol–water partition coefficient (Wildman–Crippen LogP) is 4.09. The van der Waals surface area contributed by atoms with E-state index in [0.717, 1.165) is 50.2 Å². The van der Waals surface area contributed by atoms with Gasteiger partial charge in [0.1, 0.15) is 11.6 Å². The van der Waals surface area contributed by atoms with Crippen LogP contribution in [0.5, 0.6) is 0 Å². The number of aromatic nitrogens is 4. The van der Waals surface area contributed by atoms with E-state index in [9.17, 15) is 18.0 Å². The SMILES string of the molecule is O=C(NCc1nnc2n1CCCCC2)c1cccnc1Nc1cccc(C(F)(F)F)c1. The Morgan fingerprint density at radius 3 is 2.81 bits per heavy atom. The van der Waals surface area contributed by atoms with Gasteiger partial charge in [0, 0.05) is 24.8 Å². The van der Waals surface area contributed by atoms with Crippen LogP contribution in [-0.4, -0.2) is 25.7 Å². The Balaban J connectivity index is 1.49. The topological polar surface area (TPSA) is 84.7 Å². The number of carbonyl (C=O) groups is 1. The number of nitrogens with zero attached hydrogens (tertiary/aromatic N) is 4. The molecular weight excluding hydrogens is 409 g/mol. The van der Waals surface area contributed by atoms with Crippen molar-refractivity contribution in [2.45, 2.75) is 44.9 Å². The summed E-state index contributed by atoms with van der Waals surface area (Å²) in [6, 6.07) is 7.89. The first-order valence-corrected chi connectivity index (χ1v) is 10.0. The molecular formula is C21H21F3N6O. The third-order valence-corrected chi connectivity index (χ3v) is 5.10. The van der Waals surface area contributed by atoms with Gasteiger partial charge in [0.2, 0.25) is 0 Å². The Morgan fingerprint density at radius 1 is 1.10 bits per heavy atom. The number of fused-ring (bicyclic) bond motifs is 1. The molecule has 2 N–H and O–H groups in total. The molecule has 2 aromatic heterocycles. The Kier molecular flexibility index (Phi) is 5.88. The van der Waals surface area contributed by atoms with Crippen molar-refractivity contribution in [3.63, 3.8) is 0 Å². The van der Waals surface area contributed by atoms with E-state index < -0.39 is 17.6 Å². The van der Waals surface area contributed by atoms with Crippen LogP contribution in [0.1, 0.15) is 46.8 Å². The van der Waals surface area contributed by atoms with Crippen LogP contribution in [0.2, 0.25) is 0 Å². The molecule has 3 aromatic rings. The maximum Gasteiger partial charge on any atom is 0.416 e. The normalized spacial score (nSPS) is 13.9. The molecule has 3 heterocycles. The van der Waals surface area contributed by atoms with Crippen molar-refractivity contribution < 1.29 is 18.0 Å². The monoisotopic (exact) mass is 430 g/mol. The van der Waals surface area contributed by atoms with Crippen LogP contribution in [0.3, 0.4) is 0 Å². The van der Waals surface area contributed by atoms with E-state index in [2.05, 4.69) is 25.8 Å². The number of anilines is 2. The molecule has 7 nitrogen and oxygen atoms in total. The first kappa shape index (κ1) is 20.8. The van der Waals surface area contributed by atoms with E-state index in [1.54, 1.807) is 12.1 Å². The highest BCUT2D eigenvalue weighted by molar-refractivity contribution is 5.99. The Labute approximate surface area is 176 Å². The summed E-state index contributed by atoms with van der Waals surface area (Å²) in [5.74, 6) is 1.37. The maximum absolute atomic E-state index is 13.0. The highest BCUT2D eigenvalue weighted by Crippen LogP contribution is 2.31. The molecule has 10 heteroatoms. The maximum atomic E-state index is 13.0. The minimum Gasteiger partial charge on any atom is -0.345 e. The fraction of sp³-hybridized carbons (Fsp3) is 0.333. The van der Waals surface area contributed by atoms with Crippen molar-refractivity contribution in [2.75, 3.05) is 5.32 Å². The minimum atomic E-state index is -4.46. The molecule has 1 aromatic carbocycles. The van der Waals surface area contributed by atoms with Gasteiger partial charge >= 0.3 is 6.18 Å². The lowest BCUT2D eigenvalue weighted by Gasteiger charge is -2.13. The number of carbonyl (C=O) groups excluding carboxylic acids is 1. The van der Waals surface area contributed by atoms with Gasteiger partial charge in [-0.15, -0.1) is 10.2 Å². The van der Waals surface area contributed by atoms with E-state index >= 15 is 0 Å². The summed E-state index contributed by atoms with van der Waals surface area (Å²) in [4.78, 5) is 16.9. The Bertz CT molecular complexity index is 1080. The van der Waals surface area contributed by atoms with Gasteiger partial charge < -0.3 is 15.2 Å². The molecule has 0 spiro atoms. The summed E-state index contributed by atoms with van der Waals surface area (Å²) in [6.45, 7) is 1.02. The summed E-state index contributed by atoms with van der Waals surface area (Å²) in [7, 11) is 0. The van der Waals surface area contributed by atoms with E-state index in [0.29, 0.717) is 5.82 Å². The van der Waals surface area contributed by atoms with E-state index in [4.69, 9.17) is 0 Å². The molecule has 0 aliphatic carbocycles. The smallest absolute Gasteiger partial charge is 0.345 e. The van der Waals surface area contributed by atoms with E-state index in [1.165, 1.54) is 18.3 Å². The van der Waals surface area contributed by atoms with Crippen molar-refractivity contribution in [3.05, 3.63) is 65.4 Å². The number of benzene rings is 1. The molecule has 0 saturated carbocycles. The zero-order valence-corrected chi connectivity index (χ0v) is 16.6. The van der Waals surface area contributed by atoms with E-state index in [1.807, 2.05) is 4.57 Å². The summed E-state index contributed by atoms with van der Waals surface area (Å²) in [5, 5.41) is 14.0. The second-order valence-electron chi connectivity index (χ2n) is 7.28. The second kappa shape index (κ2) is 8.75. The molecule has 0 saturated heterocycles. The number of amides is 1. The molecule has 0 atom stereocenters. The number of rotatable bonds is 5. The number of hydrogen-bond acceptors (Lipinski definition) is 5. The fourth-order valence-corrected chi connectivity index (χ4v) is 3.53. The average molecular weight is 430 g/mol. The van der Waals surface area contributed by atoms with Gasteiger partial charge in [0.05, 0.1) is 17.7 Å². The minimum absolute atomic E-state index is 0.166. The molecule has 1 aliphatic heterocycles. The van der Waals surface area contributed by atoms with Gasteiger partial charge in [-0.05, 0) is 43.2 Å². The lowest BCUT2D eigenvalue weighted by atomic mass is 10.2. The molecule has 0 bridgehead atoms. The number of nitrogens with one attached hydrogen (secondary N) is 2. The van der Waals surface area contributed by atoms with Crippen molar-refractivity contribution >= 4 is 17.4 Å². The third-order valence-electron chi connectivity index (χ3n) is 5.10. The summed E-state index contributed by atoms with van der Waals surface area (Å²) >= 11 is 0. The summed E-state index contributed by atoms with van der Waals surface area (Å²) in [6.07, 6.45) is 1.12. The number of halogens is 3. The van der Waals surface area contributed by atoms with Crippen LogP contribution in [0.4, 0.5) is 24.7 Å². The van der Waals surface area contributed by atoms with E-state index in [-0.39, 0.29) is 23.6 Å². The predicted molar refractivity (Wildman–Crippen MR) is 108 cm³/mol. The van der Waals surface area contributed by atoms with Gasteiger partial charge in [-0.2, -0.15) is 13.2 Å². The van der Waals surface area contributed by atoms with Crippen LogP contribution >= 0.6 is 0 Å². The van der Waals surface area contributed by atoms with Crippen LogP contribution in [0.15, 0.2) is 42.6 Å². The van der Waals surface area contributed by atoms with Gasteiger partial charge in [0.15, 0.2) is 5.82 Å². The van der Waals surface area contributed by atoms with Gasteiger partial charge in [-0.1, -0.05) is 12.5 Å². The van der Waals surface area contributed by atoms with Crippen molar-refractivity contribution in [1.29, 1.82) is 0 Å². The lowest BCUT2D eigenvalue weighted by Crippen LogP contribution is -2.26. The second-order valence-corrected chi connectivity index (χ2v) is 7.28. The molecule has 0 unspecified atom stereocenters. The highest BCUT2D eigenvalue weighted by Gasteiger charge is 2.30. The zero-order chi connectivity index (χ0) is 21.8. The first-order valence-electron chi connectivity index (χ1n) is 10.0. The van der Waals surface area contributed by atoms with Gasteiger partial charge in [-0.3, -0.25) is 4.79 Å². The molecule has 31 heavy (non-hydrogen) atoms. The first-order chi connectivity index (χ1) is 14.9. The molecule has 162 valence electrons. The molecule has 4 rings (SSSR count). The van der Waals surface area contributed by atoms with Crippen molar-refractivity contribution in [2.24, 2.45) is 0 Å².